The average molecular weight is 882 g/mol. The molecule has 0 spiro atoms. The van der Waals surface area contributed by atoms with Crippen molar-refractivity contribution in [2.45, 2.75) is 99.3 Å². The minimum absolute atomic E-state index is 0. The summed E-state index contributed by atoms with van der Waals surface area (Å²) in [6, 6.07) is 30.5. The van der Waals surface area contributed by atoms with Crippen LogP contribution in [0.25, 0.3) is 44.4 Å². The predicted molar refractivity (Wildman–Crippen MR) is 215 cm³/mol. The topological polar surface area (TPSA) is 44.9 Å². The molecule has 3 aromatic heterocycles. The van der Waals surface area contributed by atoms with E-state index in [1.54, 1.807) is 0 Å². The zero-order valence-corrected chi connectivity index (χ0v) is 34.6. The molecule has 0 bridgehead atoms. The molecule has 0 radical (unpaired) electrons. The molecular weight excluding hydrogens is 832 g/mol. The maximum Gasteiger partial charge on any atom is 2.00 e. The van der Waals surface area contributed by atoms with Crippen molar-refractivity contribution in [3.8, 4) is 34.1 Å². The minimum atomic E-state index is -0.122. The van der Waals surface area contributed by atoms with Gasteiger partial charge in [0.05, 0.1) is 6.20 Å². The van der Waals surface area contributed by atoms with E-state index < -0.39 is 0 Å². The summed E-state index contributed by atoms with van der Waals surface area (Å²) < 4.78 is 10.8. The number of nitrogens with zero attached hydrogens (tertiary/aromatic N) is 4. The Hall–Kier alpha value is -4.47. The third kappa shape index (κ3) is 7.78. The van der Waals surface area contributed by atoms with E-state index in [4.69, 9.17) is 14.8 Å². The fraction of sp³-hybridized carbons (Fsp3) is 0.319. The first-order valence-electron chi connectivity index (χ1n) is 18.9. The Morgan fingerprint density at radius 3 is 2.17 bits per heavy atom. The SMILES string of the molecule is CCCCc1c(C)cc(C)c(CCCC)c1-c1cnn(-c2[c-]c(Oc3[c-]c4c(cc3)c3ccccc3n4-c3cc(C)ccn3)cc(C(C)(C)C)c2)c1.[Pt+2]. The standard InChI is InChI=1S/C47H50N4O.Pt/c1-9-11-15-39-32(4)24-33(5)40(16-12-10-2)46(39)34-29-49-50(30-34)36-25-35(47(6,7)8)26-38(27-36)52-37-19-20-42-41-17-13-14-18-43(41)51(44(42)28-37)45-23-31(3)21-22-48-45;/h13-14,17-26,29-30H,9-12,15-16H2,1-8H3;/q-2;+2. The number of pyridine rings is 1. The molecule has 0 fully saturated rings. The molecule has 0 N–H and O–H groups in total. The van der Waals surface area contributed by atoms with Gasteiger partial charge in [-0.25, -0.2) is 4.98 Å². The molecule has 0 unspecified atom stereocenters. The Morgan fingerprint density at radius 1 is 0.774 bits per heavy atom. The fourth-order valence-electron chi connectivity index (χ4n) is 7.43. The number of aryl methyl sites for hydroxylation is 3. The van der Waals surface area contributed by atoms with Crippen molar-refractivity contribution in [3.63, 3.8) is 0 Å². The first-order valence-corrected chi connectivity index (χ1v) is 18.9. The molecule has 7 rings (SSSR count). The summed E-state index contributed by atoms with van der Waals surface area (Å²) in [7, 11) is 0. The van der Waals surface area contributed by atoms with Crippen LogP contribution in [0.1, 0.15) is 93.7 Å². The van der Waals surface area contributed by atoms with Crippen molar-refractivity contribution < 1.29 is 25.8 Å². The first-order chi connectivity index (χ1) is 25.0. The van der Waals surface area contributed by atoms with Crippen molar-refractivity contribution in [3.05, 3.63) is 131 Å². The van der Waals surface area contributed by atoms with Crippen LogP contribution in [0, 0.1) is 32.9 Å². The molecular formula is C47H50N4OPt. The summed E-state index contributed by atoms with van der Waals surface area (Å²) in [5.41, 5.74) is 13.2. The third-order valence-corrected chi connectivity index (χ3v) is 10.3. The number of rotatable bonds is 11. The number of aromatic nitrogens is 4. The molecule has 0 aliphatic rings. The summed E-state index contributed by atoms with van der Waals surface area (Å²) in [4.78, 5) is 4.74. The van der Waals surface area contributed by atoms with Gasteiger partial charge in [0.15, 0.2) is 0 Å². The second kappa shape index (κ2) is 15.9. The summed E-state index contributed by atoms with van der Waals surface area (Å²) in [5.74, 6) is 2.11. The molecule has 0 aliphatic carbocycles. The summed E-state index contributed by atoms with van der Waals surface area (Å²) in [6.45, 7) is 17.9. The maximum absolute atomic E-state index is 6.66. The van der Waals surface area contributed by atoms with Crippen LogP contribution in [0.5, 0.6) is 11.5 Å². The van der Waals surface area contributed by atoms with E-state index in [1.807, 2.05) is 29.2 Å². The first kappa shape index (κ1) is 38.3. The fourth-order valence-corrected chi connectivity index (χ4v) is 7.43. The zero-order chi connectivity index (χ0) is 36.6. The summed E-state index contributed by atoms with van der Waals surface area (Å²) >= 11 is 0. The van der Waals surface area contributed by atoms with Gasteiger partial charge >= 0.3 is 21.1 Å². The number of ether oxygens (including phenoxy) is 1. The van der Waals surface area contributed by atoms with Gasteiger partial charge in [0.1, 0.15) is 5.82 Å². The number of benzene rings is 4. The molecule has 7 aromatic rings. The molecule has 0 atom stereocenters. The quantitative estimate of drug-likeness (QED) is 0.122. The Bertz CT molecular complexity index is 2360. The van der Waals surface area contributed by atoms with Gasteiger partial charge in [0, 0.05) is 35.0 Å². The van der Waals surface area contributed by atoms with Crippen molar-refractivity contribution in [2.24, 2.45) is 0 Å². The van der Waals surface area contributed by atoms with Crippen molar-refractivity contribution in [1.29, 1.82) is 0 Å². The van der Waals surface area contributed by atoms with Gasteiger partial charge in [0.25, 0.3) is 0 Å². The number of hydrogen-bond acceptors (Lipinski definition) is 3. The minimum Gasteiger partial charge on any atom is -0.509 e. The zero-order valence-electron chi connectivity index (χ0n) is 32.3. The summed E-state index contributed by atoms with van der Waals surface area (Å²) in [5, 5.41) is 7.22. The molecule has 0 aliphatic heterocycles. The van der Waals surface area contributed by atoms with Crippen LogP contribution in [0.2, 0.25) is 0 Å². The predicted octanol–water partition coefficient (Wildman–Crippen LogP) is 12.3. The number of unbranched alkanes of at least 4 members (excludes halogenated alkanes) is 2. The second-order valence-electron chi connectivity index (χ2n) is 15.3. The third-order valence-electron chi connectivity index (χ3n) is 10.3. The number of hydrogen-bond donors (Lipinski definition) is 0. The molecule has 274 valence electrons. The molecule has 3 heterocycles. The van der Waals surface area contributed by atoms with Gasteiger partial charge in [-0.1, -0.05) is 77.2 Å². The van der Waals surface area contributed by atoms with Crippen LogP contribution in [0.4, 0.5) is 0 Å². The summed E-state index contributed by atoms with van der Waals surface area (Å²) in [6.07, 6.45) is 12.9. The smallest absolute Gasteiger partial charge is 0.509 e. The molecule has 0 saturated carbocycles. The van der Waals surface area contributed by atoms with E-state index >= 15 is 0 Å². The number of fused-ring (bicyclic) bond motifs is 3. The van der Waals surface area contributed by atoms with Crippen LogP contribution >= 0.6 is 0 Å². The molecule has 5 nitrogen and oxygen atoms in total. The van der Waals surface area contributed by atoms with E-state index in [-0.39, 0.29) is 26.5 Å². The Morgan fingerprint density at radius 2 is 1.49 bits per heavy atom. The molecule has 4 aromatic carbocycles. The van der Waals surface area contributed by atoms with Gasteiger partial charge < -0.3 is 9.30 Å². The van der Waals surface area contributed by atoms with Crippen LogP contribution in [-0.4, -0.2) is 19.3 Å². The molecule has 53 heavy (non-hydrogen) atoms. The Balaban J connectivity index is 0.00000481. The van der Waals surface area contributed by atoms with Gasteiger partial charge in [-0.2, -0.15) is 11.2 Å². The monoisotopic (exact) mass is 881 g/mol. The van der Waals surface area contributed by atoms with Crippen LogP contribution in [-0.2, 0) is 39.3 Å². The number of para-hydroxylation sites is 1. The van der Waals surface area contributed by atoms with Gasteiger partial charge in [-0.15, -0.1) is 41.3 Å². The normalized spacial score (nSPS) is 11.7. The Labute approximate surface area is 329 Å². The molecule has 0 saturated heterocycles. The van der Waals surface area contributed by atoms with E-state index in [0.29, 0.717) is 11.5 Å². The van der Waals surface area contributed by atoms with Crippen molar-refractivity contribution in [1.82, 2.24) is 19.3 Å². The van der Waals surface area contributed by atoms with Crippen molar-refractivity contribution in [2.75, 3.05) is 0 Å². The van der Waals surface area contributed by atoms with Gasteiger partial charge in [-0.05, 0) is 115 Å². The van der Waals surface area contributed by atoms with E-state index in [1.165, 1.54) is 53.5 Å². The second-order valence-corrected chi connectivity index (χ2v) is 15.3. The van der Waals surface area contributed by atoms with Crippen LogP contribution in [0.3, 0.4) is 0 Å². The van der Waals surface area contributed by atoms with Crippen molar-refractivity contribution >= 4 is 21.8 Å². The van der Waals surface area contributed by atoms with Gasteiger partial charge in [-0.3, -0.25) is 4.68 Å². The largest absolute Gasteiger partial charge is 2.00 e. The van der Waals surface area contributed by atoms with E-state index in [2.05, 4.69) is 133 Å². The van der Waals surface area contributed by atoms with E-state index in [0.717, 1.165) is 62.8 Å². The van der Waals surface area contributed by atoms with Crippen LogP contribution < -0.4 is 4.74 Å². The average Bonchev–Trinajstić information content (AvgIpc) is 3.73. The maximum atomic E-state index is 6.66. The van der Waals surface area contributed by atoms with Crippen LogP contribution in [0.15, 0.2) is 85.3 Å². The van der Waals surface area contributed by atoms with Gasteiger partial charge in [0.2, 0.25) is 0 Å². The molecule has 0 amide bonds. The Kier molecular flexibility index (Phi) is 11.5. The van der Waals surface area contributed by atoms with E-state index in [9.17, 15) is 0 Å². The molecule has 6 heteroatoms.